The Morgan fingerprint density at radius 2 is 2.12 bits per heavy atom. The van der Waals surface area contributed by atoms with Crippen LogP contribution < -0.4 is 0 Å². The van der Waals surface area contributed by atoms with Crippen molar-refractivity contribution in [3.63, 3.8) is 0 Å². The molecule has 0 radical (unpaired) electrons. The summed E-state index contributed by atoms with van der Waals surface area (Å²) in [5, 5.41) is -0.552. The van der Waals surface area contributed by atoms with Crippen LogP contribution in [-0.2, 0) is 22.0 Å². The zero-order chi connectivity index (χ0) is 11.3. The number of amides is 1. The number of benzene rings is 1. The van der Waals surface area contributed by atoms with E-state index in [-0.39, 0.29) is 16.5 Å². The Kier molecular flexibility index (Phi) is 2.14. The quantitative estimate of drug-likeness (QED) is 0.678. The molecule has 4 heteroatoms. The number of carbonyl (C=O) groups excluding carboxylic acids is 1. The second-order valence-corrected chi connectivity index (χ2v) is 6.11. The van der Waals surface area contributed by atoms with Crippen LogP contribution in [0.5, 0.6) is 0 Å². The first kappa shape index (κ1) is 10.0. The van der Waals surface area contributed by atoms with Crippen LogP contribution in [0.4, 0.5) is 0 Å². The largest absolute Gasteiger partial charge is 0.323 e. The van der Waals surface area contributed by atoms with Gasteiger partial charge in [0.2, 0.25) is 5.91 Å². The standard InChI is InChI=1S/C12H13NO2S/c1-8-11(14)13-7-6-9-4-2-3-5-10(9)12(13)16(8)15/h2-5,8,12H,6-7H2,1H3/t8-,12+,16?/m0/s1. The molecule has 0 saturated carbocycles. The fraction of sp³-hybridized carbons (Fsp3) is 0.417. The molecule has 0 aromatic heterocycles. The Bertz CT molecular complexity index is 486. The highest BCUT2D eigenvalue weighted by Crippen LogP contribution is 2.39. The monoisotopic (exact) mass is 235 g/mol. The summed E-state index contributed by atoms with van der Waals surface area (Å²) in [5.74, 6) is 0.0397. The van der Waals surface area contributed by atoms with E-state index in [2.05, 4.69) is 6.07 Å². The number of nitrogens with zero attached hydrogens (tertiary/aromatic N) is 1. The lowest BCUT2D eigenvalue weighted by atomic mass is 9.99. The van der Waals surface area contributed by atoms with Crippen LogP contribution in [0.15, 0.2) is 24.3 Å². The molecular formula is C12H13NO2S. The third-order valence-electron chi connectivity index (χ3n) is 3.43. The average Bonchev–Trinajstić information content (AvgIpc) is 2.55. The van der Waals surface area contributed by atoms with Crippen molar-refractivity contribution in [1.82, 2.24) is 4.90 Å². The van der Waals surface area contributed by atoms with E-state index in [0.717, 1.165) is 12.0 Å². The molecule has 3 atom stereocenters. The SMILES string of the molecule is C[C@H]1C(=O)N2CCc3ccccc3[C@H]2S1=O. The first-order valence-electron chi connectivity index (χ1n) is 5.48. The van der Waals surface area contributed by atoms with E-state index in [1.165, 1.54) is 5.56 Å². The normalized spacial score (nSPS) is 32.4. The molecule has 3 rings (SSSR count). The maximum atomic E-state index is 12.2. The highest BCUT2D eigenvalue weighted by Gasteiger charge is 2.46. The van der Waals surface area contributed by atoms with Gasteiger partial charge in [-0.2, -0.15) is 0 Å². The van der Waals surface area contributed by atoms with Crippen molar-refractivity contribution < 1.29 is 9.00 Å². The van der Waals surface area contributed by atoms with Gasteiger partial charge in [-0.25, -0.2) is 0 Å². The smallest absolute Gasteiger partial charge is 0.239 e. The molecule has 84 valence electrons. The third kappa shape index (κ3) is 1.19. The summed E-state index contributed by atoms with van der Waals surface area (Å²) in [4.78, 5) is 13.7. The summed E-state index contributed by atoms with van der Waals surface area (Å²) in [6, 6.07) is 8.01. The van der Waals surface area contributed by atoms with Gasteiger partial charge in [0, 0.05) is 6.54 Å². The Morgan fingerprint density at radius 1 is 1.38 bits per heavy atom. The van der Waals surface area contributed by atoms with Gasteiger partial charge < -0.3 is 4.90 Å². The van der Waals surface area contributed by atoms with E-state index in [0.29, 0.717) is 6.54 Å². The van der Waals surface area contributed by atoms with Gasteiger partial charge in [0.1, 0.15) is 10.6 Å². The van der Waals surface area contributed by atoms with E-state index in [9.17, 15) is 9.00 Å². The first-order chi connectivity index (χ1) is 7.70. The molecule has 0 aliphatic carbocycles. The molecule has 0 bridgehead atoms. The highest BCUT2D eigenvalue weighted by molar-refractivity contribution is 7.87. The van der Waals surface area contributed by atoms with E-state index < -0.39 is 10.8 Å². The van der Waals surface area contributed by atoms with Crippen LogP contribution in [0.2, 0.25) is 0 Å². The minimum atomic E-state index is -1.10. The molecule has 1 aromatic rings. The maximum Gasteiger partial charge on any atom is 0.239 e. The molecule has 0 spiro atoms. The van der Waals surface area contributed by atoms with Gasteiger partial charge in [0.15, 0.2) is 0 Å². The lowest BCUT2D eigenvalue weighted by molar-refractivity contribution is -0.130. The number of hydrogen-bond acceptors (Lipinski definition) is 2. The number of rotatable bonds is 0. The number of fused-ring (bicyclic) bond motifs is 3. The van der Waals surface area contributed by atoms with E-state index in [1.54, 1.807) is 11.8 Å². The highest BCUT2D eigenvalue weighted by atomic mass is 32.2. The molecule has 2 aliphatic heterocycles. The molecule has 16 heavy (non-hydrogen) atoms. The zero-order valence-electron chi connectivity index (χ0n) is 9.05. The lowest BCUT2D eigenvalue weighted by Gasteiger charge is -2.30. The maximum absolute atomic E-state index is 12.2. The summed E-state index contributed by atoms with van der Waals surface area (Å²) in [6.45, 7) is 2.47. The van der Waals surface area contributed by atoms with Gasteiger partial charge in [-0.3, -0.25) is 9.00 Å². The summed E-state index contributed by atoms with van der Waals surface area (Å²) in [7, 11) is -1.10. The zero-order valence-corrected chi connectivity index (χ0v) is 9.87. The van der Waals surface area contributed by atoms with Crippen molar-refractivity contribution in [2.45, 2.75) is 24.0 Å². The third-order valence-corrected chi connectivity index (χ3v) is 5.27. The van der Waals surface area contributed by atoms with Crippen LogP contribution in [0.3, 0.4) is 0 Å². The van der Waals surface area contributed by atoms with Gasteiger partial charge in [-0.1, -0.05) is 24.3 Å². The molecule has 1 amide bonds. The molecule has 1 aromatic carbocycles. The Hall–Kier alpha value is -1.16. The van der Waals surface area contributed by atoms with Crippen LogP contribution in [0, 0.1) is 0 Å². The average molecular weight is 235 g/mol. The lowest BCUT2D eigenvalue weighted by Crippen LogP contribution is -2.35. The van der Waals surface area contributed by atoms with E-state index in [1.807, 2.05) is 18.2 Å². The van der Waals surface area contributed by atoms with Gasteiger partial charge in [-0.15, -0.1) is 0 Å². The fourth-order valence-electron chi connectivity index (χ4n) is 2.53. The Balaban J connectivity index is 2.13. The van der Waals surface area contributed by atoms with Gasteiger partial charge in [0.05, 0.1) is 10.8 Å². The molecule has 1 saturated heterocycles. The Morgan fingerprint density at radius 3 is 2.94 bits per heavy atom. The topological polar surface area (TPSA) is 37.4 Å². The molecule has 3 nitrogen and oxygen atoms in total. The van der Waals surface area contributed by atoms with Gasteiger partial charge in [-0.05, 0) is 24.5 Å². The molecule has 1 unspecified atom stereocenters. The second kappa shape index (κ2) is 3.42. The predicted octanol–water partition coefficient (Wildman–Crippen LogP) is 1.22. The van der Waals surface area contributed by atoms with Crippen LogP contribution >= 0.6 is 0 Å². The van der Waals surface area contributed by atoms with Crippen molar-refractivity contribution in [2.75, 3.05) is 6.54 Å². The van der Waals surface area contributed by atoms with Crippen molar-refractivity contribution in [3.05, 3.63) is 35.4 Å². The first-order valence-corrected chi connectivity index (χ1v) is 6.75. The summed E-state index contributed by atoms with van der Waals surface area (Å²) in [5.41, 5.74) is 2.31. The van der Waals surface area contributed by atoms with Crippen LogP contribution in [0.1, 0.15) is 23.4 Å². The van der Waals surface area contributed by atoms with E-state index >= 15 is 0 Å². The summed E-state index contributed by atoms with van der Waals surface area (Å²) in [6.07, 6.45) is 0.877. The van der Waals surface area contributed by atoms with Crippen molar-refractivity contribution in [1.29, 1.82) is 0 Å². The van der Waals surface area contributed by atoms with Crippen LogP contribution in [0.25, 0.3) is 0 Å². The fourth-order valence-corrected chi connectivity index (χ4v) is 4.19. The number of carbonyl (C=O) groups is 1. The van der Waals surface area contributed by atoms with Gasteiger partial charge in [0.25, 0.3) is 0 Å². The van der Waals surface area contributed by atoms with Crippen molar-refractivity contribution in [2.24, 2.45) is 0 Å². The van der Waals surface area contributed by atoms with Crippen molar-refractivity contribution >= 4 is 16.7 Å². The molecule has 1 fully saturated rings. The molecule has 0 N–H and O–H groups in total. The molecule has 2 heterocycles. The van der Waals surface area contributed by atoms with Gasteiger partial charge >= 0.3 is 0 Å². The summed E-state index contributed by atoms with van der Waals surface area (Å²) >= 11 is 0. The summed E-state index contributed by atoms with van der Waals surface area (Å²) < 4.78 is 12.2. The minimum Gasteiger partial charge on any atom is -0.323 e. The van der Waals surface area contributed by atoms with Crippen LogP contribution in [-0.4, -0.2) is 26.8 Å². The molecular weight excluding hydrogens is 222 g/mol. The Labute approximate surface area is 96.9 Å². The second-order valence-electron chi connectivity index (χ2n) is 4.30. The minimum absolute atomic E-state index is 0.0397. The van der Waals surface area contributed by atoms with Crippen molar-refractivity contribution in [3.8, 4) is 0 Å². The molecule has 2 aliphatic rings. The number of hydrogen-bond donors (Lipinski definition) is 0. The van der Waals surface area contributed by atoms with E-state index in [4.69, 9.17) is 0 Å². The predicted molar refractivity (Wildman–Crippen MR) is 62.2 cm³/mol.